The first-order chi connectivity index (χ1) is 31.1. The van der Waals surface area contributed by atoms with Crippen LogP contribution in [0, 0.1) is 24.3 Å². The van der Waals surface area contributed by atoms with E-state index in [4.69, 9.17) is 19.4 Å². The number of rotatable bonds is 9. The number of aryl methyl sites for hydroxylation is 2. The first kappa shape index (κ1) is 42.1. The van der Waals surface area contributed by atoms with Gasteiger partial charge in [-0.25, -0.2) is 19.9 Å². The van der Waals surface area contributed by atoms with Crippen LogP contribution < -0.4 is 9.47 Å². The number of hydrogen-bond donors (Lipinski definition) is 0. The smallest absolute Gasteiger partial charge is 0.509 e. The average Bonchev–Trinajstić information content (AvgIpc) is 3.96. The summed E-state index contributed by atoms with van der Waals surface area (Å²) in [7, 11) is 0. The third-order valence-corrected chi connectivity index (χ3v) is 11.7. The summed E-state index contributed by atoms with van der Waals surface area (Å²) in [6.07, 6.45) is 8.94. The number of hydrogen-bond acceptors (Lipinski definition) is 6. The Morgan fingerprint density at radius 3 is 1.15 bits per heavy atom. The summed E-state index contributed by atoms with van der Waals surface area (Å²) in [5, 5.41) is 6.28. The van der Waals surface area contributed by atoms with Crippen molar-refractivity contribution in [3.8, 4) is 40.6 Å². The molecule has 0 atom stereocenters. The first-order valence-corrected chi connectivity index (χ1v) is 21.0. The van der Waals surface area contributed by atoms with Gasteiger partial charge in [-0.1, -0.05) is 72.3 Å². The Kier molecular flexibility index (Phi) is 11.1. The van der Waals surface area contributed by atoms with Crippen LogP contribution in [0.3, 0.4) is 0 Å². The summed E-state index contributed by atoms with van der Waals surface area (Å²) < 4.78 is 19.4. The van der Waals surface area contributed by atoms with Gasteiger partial charge in [0.25, 0.3) is 0 Å². The standard InChI is InChI=1S/C54H35N7O2.2Pt/c1-3-34-12-18-40-42-20-14-36(30-48(42)59(46(40)28-34)52-10-5-7-24-55-52)62-38-16-22-44-45-23-17-39(33-51(45)61(50(44)32-38)54-57-26-9-27-58-54)63-37-15-21-43-41-19-13-35(4-2)29-47(41)60(49(43)31-37)53-11-6-8-25-56-53;;/h5-29H,3-4H2,1-2H3;;/q-4;2*+2. The van der Waals surface area contributed by atoms with Gasteiger partial charge in [0.1, 0.15) is 11.6 Å². The Morgan fingerprint density at radius 1 is 0.400 bits per heavy atom. The van der Waals surface area contributed by atoms with E-state index in [0.29, 0.717) is 28.9 Å². The maximum Gasteiger partial charge on any atom is 2.00 e. The molecular formula is C54H35N7O2Pt2. The minimum absolute atomic E-state index is 0. The summed E-state index contributed by atoms with van der Waals surface area (Å²) >= 11 is 0. The van der Waals surface area contributed by atoms with Crippen LogP contribution in [0.1, 0.15) is 25.0 Å². The maximum absolute atomic E-state index is 6.58. The van der Waals surface area contributed by atoms with Crippen molar-refractivity contribution >= 4 is 65.4 Å². The molecule has 318 valence electrons. The van der Waals surface area contributed by atoms with Gasteiger partial charge >= 0.3 is 42.1 Å². The SMILES string of the molecule is CCc1ccc2c3ccc(Oc4[c-]c5c(cc4)c4ccc(Oc6[c-]c7c(cc6)c6ccc(CC)cc6n7-c6ccccn6)[c-]c4n5-c4ncccn4)[c-]c3n(-c3ccccn3)c2c1.[Pt+2].[Pt+2]. The molecule has 0 amide bonds. The molecule has 0 bridgehead atoms. The second-order valence-corrected chi connectivity index (χ2v) is 15.4. The van der Waals surface area contributed by atoms with Crippen molar-refractivity contribution in [3.05, 3.63) is 188 Å². The number of nitrogens with zero attached hydrogens (tertiary/aromatic N) is 7. The fourth-order valence-corrected chi connectivity index (χ4v) is 8.73. The van der Waals surface area contributed by atoms with Gasteiger partial charge < -0.3 is 23.2 Å². The second-order valence-electron chi connectivity index (χ2n) is 15.4. The predicted octanol–water partition coefficient (Wildman–Crippen LogP) is 12.5. The Hall–Kier alpha value is -6.92. The fourth-order valence-electron chi connectivity index (χ4n) is 8.73. The van der Waals surface area contributed by atoms with E-state index >= 15 is 0 Å². The quantitative estimate of drug-likeness (QED) is 0.134. The van der Waals surface area contributed by atoms with Crippen LogP contribution >= 0.6 is 0 Å². The van der Waals surface area contributed by atoms with Crippen molar-refractivity contribution in [3.63, 3.8) is 0 Å². The molecule has 6 aromatic heterocycles. The molecule has 65 heavy (non-hydrogen) atoms. The maximum atomic E-state index is 6.58. The molecule has 0 fully saturated rings. The van der Waals surface area contributed by atoms with E-state index < -0.39 is 0 Å². The van der Waals surface area contributed by atoms with Crippen LogP contribution in [0.5, 0.6) is 23.0 Å². The molecule has 0 unspecified atom stereocenters. The molecule has 11 heteroatoms. The van der Waals surface area contributed by atoms with E-state index in [2.05, 4.69) is 106 Å². The van der Waals surface area contributed by atoms with E-state index in [-0.39, 0.29) is 42.1 Å². The van der Waals surface area contributed by atoms with Crippen LogP contribution in [0.25, 0.3) is 83.0 Å². The van der Waals surface area contributed by atoms with Crippen molar-refractivity contribution in [2.75, 3.05) is 0 Å². The van der Waals surface area contributed by atoms with Crippen LogP contribution in [-0.4, -0.2) is 33.6 Å². The topological polar surface area (TPSA) is 84.8 Å². The largest absolute Gasteiger partial charge is 2.00 e. The Bertz CT molecular complexity index is 3490. The molecule has 12 aromatic rings. The van der Waals surface area contributed by atoms with Gasteiger partial charge in [0, 0.05) is 58.8 Å². The van der Waals surface area contributed by atoms with E-state index in [9.17, 15) is 0 Å². The van der Waals surface area contributed by atoms with Gasteiger partial charge in [0.05, 0.1) is 0 Å². The van der Waals surface area contributed by atoms with Gasteiger partial charge in [0.2, 0.25) is 5.95 Å². The number of ether oxygens (including phenoxy) is 2. The molecule has 0 spiro atoms. The van der Waals surface area contributed by atoms with Gasteiger partial charge in [0.15, 0.2) is 0 Å². The van der Waals surface area contributed by atoms with Gasteiger partial charge in [-0.15, -0.1) is 59.3 Å². The van der Waals surface area contributed by atoms with Crippen molar-refractivity contribution in [2.45, 2.75) is 26.7 Å². The van der Waals surface area contributed by atoms with Crippen LogP contribution in [-0.2, 0) is 55.0 Å². The molecular weight excluding hydrogens is 1170 g/mol. The molecule has 9 nitrogen and oxygen atoms in total. The first-order valence-electron chi connectivity index (χ1n) is 21.0. The zero-order valence-electron chi connectivity index (χ0n) is 34.9. The predicted molar refractivity (Wildman–Crippen MR) is 248 cm³/mol. The van der Waals surface area contributed by atoms with Gasteiger partial charge in [-0.2, -0.15) is 35.0 Å². The zero-order valence-corrected chi connectivity index (χ0v) is 39.5. The molecule has 0 aliphatic rings. The monoisotopic (exact) mass is 1200 g/mol. The summed E-state index contributed by atoms with van der Waals surface area (Å²) in [5.74, 6) is 4.23. The van der Waals surface area contributed by atoms with E-state index in [0.717, 1.165) is 89.9 Å². The summed E-state index contributed by atoms with van der Waals surface area (Å²) in [6.45, 7) is 4.33. The second kappa shape index (κ2) is 17.2. The molecule has 0 aliphatic carbocycles. The molecule has 6 aromatic carbocycles. The average molecular weight is 1200 g/mol. The van der Waals surface area contributed by atoms with Gasteiger partial charge in [-0.3, -0.25) is 0 Å². The molecule has 0 saturated heterocycles. The van der Waals surface area contributed by atoms with Crippen LogP contribution in [0.15, 0.2) is 152 Å². The molecule has 12 rings (SSSR count). The third kappa shape index (κ3) is 7.20. The molecule has 0 aliphatic heterocycles. The number of aromatic nitrogens is 7. The van der Waals surface area contributed by atoms with E-state index in [1.54, 1.807) is 18.5 Å². The molecule has 0 radical (unpaired) electrons. The number of fused-ring (bicyclic) bond motifs is 9. The van der Waals surface area contributed by atoms with Crippen molar-refractivity contribution < 1.29 is 51.6 Å². The fraction of sp³-hybridized carbons (Fsp3) is 0.0741. The summed E-state index contributed by atoms with van der Waals surface area (Å²) in [4.78, 5) is 18.8. The number of benzene rings is 6. The normalized spacial score (nSPS) is 11.4. The van der Waals surface area contributed by atoms with Crippen molar-refractivity contribution in [1.82, 2.24) is 33.6 Å². The van der Waals surface area contributed by atoms with E-state index in [1.807, 2.05) is 89.8 Å². The third-order valence-electron chi connectivity index (χ3n) is 11.7. The Balaban J connectivity index is 0.00000249. The van der Waals surface area contributed by atoms with E-state index in [1.165, 1.54) is 11.1 Å². The minimum Gasteiger partial charge on any atom is -0.509 e. The van der Waals surface area contributed by atoms with Crippen LogP contribution in [0.2, 0.25) is 0 Å². The minimum atomic E-state index is 0. The van der Waals surface area contributed by atoms with Crippen molar-refractivity contribution in [2.24, 2.45) is 0 Å². The van der Waals surface area contributed by atoms with Gasteiger partial charge in [-0.05, 0) is 77.2 Å². The number of pyridine rings is 2. The molecule has 0 N–H and O–H groups in total. The Labute approximate surface area is 402 Å². The van der Waals surface area contributed by atoms with Crippen LogP contribution in [0.4, 0.5) is 0 Å². The molecule has 6 heterocycles. The summed E-state index contributed by atoms with van der Waals surface area (Å²) in [6, 6.07) is 57.2. The Morgan fingerprint density at radius 2 is 0.769 bits per heavy atom. The molecule has 0 saturated carbocycles. The zero-order chi connectivity index (χ0) is 42.0. The summed E-state index contributed by atoms with van der Waals surface area (Å²) in [5.41, 5.74) is 7.88. The van der Waals surface area contributed by atoms with Crippen molar-refractivity contribution in [1.29, 1.82) is 0 Å².